The fraction of sp³-hybridized carbons (Fsp3) is 0.154. The summed E-state index contributed by atoms with van der Waals surface area (Å²) in [6, 6.07) is 6.65. The van der Waals surface area contributed by atoms with Crippen LogP contribution in [0.2, 0.25) is 5.02 Å². The van der Waals surface area contributed by atoms with Crippen LogP contribution in [0.1, 0.15) is 10.5 Å². The van der Waals surface area contributed by atoms with Crippen LogP contribution in [0.25, 0.3) is 0 Å². The van der Waals surface area contributed by atoms with Gasteiger partial charge in [-0.05, 0) is 18.2 Å². The number of hydrogen-bond acceptors (Lipinski definition) is 3. The summed E-state index contributed by atoms with van der Waals surface area (Å²) < 4.78 is 6.74. The first-order valence-electron chi connectivity index (χ1n) is 5.58. The second-order valence-corrected chi connectivity index (χ2v) is 4.50. The Morgan fingerprint density at radius 2 is 2.16 bits per heavy atom. The standard InChI is InChI=1S/C13H14ClN3O2/c1-17-7-8(14)5-12(17)13(18)16-11-6-9(19-2)3-4-10(11)15/h3-7H,15H2,1-2H3,(H,16,18). The Balaban J connectivity index is 2.26. The van der Waals surface area contributed by atoms with Crippen LogP contribution in [0, 0.1) is 0 Å². The van der Waals surface area contributed by atoms with Crippen molar-refractivity contribution in [3.8, 4) is 5.75 Å². The van der Waals surface area contributed by atoms with Crippen molar-refractivity contribution in [2.24, 2.45) is 7.05 Å². The van der Waals surface area contributed by atoms with Gasteiger partial charge < -0.3 is 20.4 Å². The lowest BCUT2D eigenvalue weighted by molar-refractivity contribution is 0.101. The summed E-state index contributed by atoms with van der Waals surface area (Å²) >= 11 is 5.85. The second-order valence-electron chi connectivity index (χ2n) is 4.06. The number of carbonyl (C=O) groups is 1. The van der Waals surface area contributed by atoms with Crippen molar-refractivity contribution >= 4 is 28.9 Å². The minimum Gasteiger partial charge on any atom is -0.497 e. The molecule has 1 aromatic heterocycles. The molecule has 0 aliphatic rings. The smallest absolute Gasteiger partial charge is 0.272 e. The number of hydrogen-bond donors (Lipinski definition) is 2. The molecule has 6 heteroatoms. The van der Waals surface area contributed by atoms with Gasteiger partial charge in [-0.15, -0.1) is 0 Å². The van der Waals surface area contributed by atoms with Crippen molar-refractivity contribution in [1.29, 1.82) is 0 Å². The molecule has 0 radical (unpaired) electrons. The zero-order chi connectivity index (χ0) is 14.0. The summed E-state index contributed by atoms with van der Waals surface area (Å²) in [5.74, 6) is 0.337. The fourth-order valence-electron chi connectivity index (χ4n) is 1.71. The number of carbonyl (C=O) groups excluding carboxylic acids is 1. The number of halogens is 1. The lowest BCUT2D eigenvalue weighted by Crippen LogP contribution is -2.16. The van der Waals surface area contributed by atoms with E-state index in [-0.39, 0.29) is 5.91 Å². The second kappa shape index (κ2) is 5.24. The average Bonchev–Trinajstić information content (AvgIpc) is 2.71. The van der Waals surface area contributed by atoms with Crippen LogP contribution in [0.15, 0.2) is 30.5 Å². The maximum absolute atomic E-state index is 12.1. The van der Waals surface area contributed by atoms with Crippen LogP contribution in [0.5, 0.6) is 5.75 Å². The minimum atomic E-state index is -0.283. The number of aromatic nitrogens is 1. The van der Waals surface area contributed by atoms with Crippen molar-refractivity contribution in [3.63, 3.8) is 0 Å². The maximum Gasteiger partial charge on any atom is 0.272 e. The number of nitrogens with one attached hydrogen (secondary N) is 1. The predicted octanol–water partition coefficient (Wildman–Crippen LogP) is 2.52. The third-order valence-corrected chi connectivity index (χ3v) is 2.92. The Kier molecular flexibility index (Phi) is 3.66. The Morgan fingerprint density at radius 1 is 1.42 bits per heavy atom. The third-order valence-electron chi connectivity index (χ3n) is 2.71. The van der Waals surface area contributed by atoms with Gasteiger partial charge in [0.15, 0.2) is 0 Å². The van der Waals surface area contributed by atoms with E-state index in [0.717, 1.165) is 0 Å². The molecule has 3 N–H and O–H groups in total. The minimum absolute atomic E-state index is 0.283. The number of nitrogens with zero attached hydrogens (tertiary/aromatic N) is 1. The van der Waals surface area contributed by atoms with Crippen molar-refractivity contribution in [2.75, 3.05) is 18.2 Å². The third kappa shape index (κ3) is 2.82. The number of aryl methyl sites for hydroxylation is 1. The first kappa shape index (κ1) is 13.3. The molecule has 1 aromatic carbocycles. The Morgan fingerprint density at radius 3 is 2.74 bits per heavy atom. The Bertz CT molecular complexity index is 622. The number of nitrogen functional groups attached to an aromatic ring is 1. The van der Waals surface area contributed by atoms with E-state index in [1.165, 1.54) is 0 Å². The summed E-state index contributed by atoms with van der Waals surface area (Å²) in [5, 5.41) is 3.24. The van der Waals surface area contributed by atoms with E-state index >= 15 is 0 Å². The molecule has 0 aliphatic carbocycles. The number of nitrogens with two attached hydrogens (primary N) is 1. The van der Waals surface area contributed by atoms with Crippen molar-refractivity contribution in [3.05, 3.63) is 41.2 Å². The van der Waals surface area contributed by atoms with Gasteiger partial charge in [0.05, 0.1) is 23.5 Å². The van der Waals surface area contributed by atoms with E-state index in [2.05, 4.69) is 5.32 Å². The Labute approximate surface area is 115 Å². The monoisotopic (exact) mass is 279 g/mol. The zero-order valence-corrected chi connectivity index (χ0v) is 11.4. The molecule has 0 saturated heterocycles. The lowest BCUT2D eigenvalue weighted by Gasteiger charge is -2.10. The van der Waals surface area contributed by atoms with E-state index in [9.17, 15) is 4.79 Å². The van der Waals surface area contributed by atoms with Crippen LogP contribution in [0.4, 0.5) is 11.4 Å². The first-order chi connectivity index (χ1) is 9.01. The van der Waals surface area contributed by atoms with Crippen molar-refractivity contribution < 1.29 is 9.53 Å². The van der Waals surface area contributed by atoms with Crippen LogP contribution < -0.4 is 15.8 Å². The normalized spacial score (nSPS) is 10.3. The molecule has 0 aliphatic heterocycles. The van der Waals surface area contributed by atoms with E-state index in [1.807, 2.05) is 0 Å². The molecular formula is C13H14ClN3O2. The van der Waals surface area contributed by atoms with Gasteiger partial charge in [0, 0.05) is 19.3 Å². The molecule has 0 atom stereocenters. The number of benzene rings is 1. The van der Waals surface area contributed by atoms with E-state index < -0.39 is 0 Å². The topological polar surface area (TPSA) is 69.3 Å². The van der Waals surface area contributed by atoms with Gasteiger partial charge in [-0.2, -0.15) is 0 Å². The molecule has 19 heavy (non-hydrogen) atoms. The summed E-state index contributed by atoms with van der Waals surface area (Å²) in [5.41, 5.74) is 7.23. The summed E-state index contributed by atoms with van der Waals surface area (Å²) in [4.78, 5) is 12.1. The molecule has 2 rings (SSSR count). The van der Waals surface area contributed by atoms with Gasteiger partial charge in [-0.3, -0.25) is 4.79 Å². The van der Waals surface area contributed by atoms with Crippen LogP contribution in [0.3, 0.4) is 0 Å². The van der Waals surface area contributed by atoms with Gasteiger partial charge in [-0.25, -0.2) is 0 Å². The largest absolute Gasteiger partial charge is 0.497 e. The number of methoxy groups -OCH3 is 1. The van der Waals surface area contributed by atoms with Crippen LogP contribution in [-0.2, 0) is 7.05 Å². The highest BCUT2D eigenvalue weighted by atomic mass is 35.5. The summed E-state index contributed by atoms with van der Waals surface area (Å²) in [7, 11) is 3.30. The average molecular weight is 280 g/mol. The SMILES string of the molecule is COc1ccc(N)c(NC(=O)c2cc(Cl)cn2C)c1. The number of amides is 1. The van der Waals surface area contributed by atoms with Crippen LogP contribution >= 0.6 is 11.6 Å². The molecule has 2 aromatic rings. The number of ether oxygens (including phenoxy) is 1. The van der Waals surface area contributed by atoms with Gasteiger partial charge in [0.2, 0.25) is 0 Å². The molecule has 1 heterocycles. The first-order valence-corrected chi connectivity index (χ1v) is 5.96. The van der Waals surface area contributed by atoms with Gasteiger partial charge in [-0.1, -0.05) is 11.6 Å². The molecule has 100 valence electrons. The molecule has 0 spiro atoms. The molecule has 0 saturated carbocycles. The molecule has 0 unspecified atom stereocenters. The van der Waals surface area contributed by atoms with Crippen LogP contribution in [-0.4, -0.2) is 17.6 Å². The maximum atomic E-state index is 12.1. The highest BCUT2D eigenvalue weighted by Crippen LogP contribution is 2.25. The molecular weight excluding hydrogens is 266 g/mol. The lowest BCUT2D eigenvalue weighted by atomic mass is 10.2. The summed E-state index contributed by atoms with van der Waals surface area (Å²) in [6.45, 7) is 0. The van der Waals surface area contributed by atoms with E-state index in [0.29, 0.717) is 27.8 Å². The van der Waals surface area contributed by atoms with E-state index in [4.69, 9.17) is 22.1 Å². The Hall–Kier alpha value is -2.14. The quantitative estimate of drug-likeness (QED) is 0.848. The zero-order valence-electron chi connectivity index (χ0n) is 10.6. The highest BCUT2D eigenvalue weighted by molar-refractivity contribution is 6.31. The molecule has 0 bridgehead atoms. The van der Waals surface area contributed by atoms with Gasteiger partial charge in [0.25, 0.3) is 5.91 Å². The molecule has 5 nitrogen and oxygen atoms in total. The van der Waals surface area contributed by atoms with Crippen molar-refractivity contribution in [1.82, 2.24) is 4.57 Å². The summed E-state index contributed by atoms with van der Waals surface area (Å²) in [6.07, 6.45) is 1.66. The molecule has 0 fully saturated rings. The van der Waals surface area contributed by atoms with E-state index in [1.54, 1.807) is 49.2 Å². The van der Waals surface area contributed by atoms with Gasteiger partial charge in [0.1, 0.15) is 11.4 Å². The van der Waals surface area contributed by atoms with Crippen molar-refractivity contribution in [2.45, 2.75) is 0 Å². The highest BCUT2D eigenvalue weighted by Gasteiger charge is 2.13. The fourth-order valence-corrected chi connectivity index (χ4v) is 1.96. The number of anilines is 2. The molecule has 1 amide bonds. The predicted molar refractivity (Wildman–Crippen MR) is 75.8 cm³/mol. The number of rotatable bonds is 3. The van der Waals surface area contributed by atoms with Gasteiger partial charge >= 0.3 is 0 Å².